The normalized spacial score (nSPS) is 12.2. The molecule has 0 aliphatic carbocycles. The minimum absolute atomic E-state index is 0.0232. The van der Waals surface area contributed by atoms with E-state index in [9.17, 15) is 9.59 Å². The lowest BCUT2D eigenvalue weighted by atomic mass is 9.92. The van der Waals surface area contributed by atoms with E-state index < -0.39 is 0 Å². The third-order valence-corrected chi connectivity index (χ3v) is 2.53. The zero-order valence-corrected chi connectivity index (χ0v) is 10.6. The summed E-state index contributed by atoms with van der Waals surface area (Å²) in [5.41, 5.74) is 0.902. The van der Waals surface area contributed by atoms with E-state index >= 15 is 0 Å². The molecule has 1 amide bonds. The highest BCUT2D eigenvalue weighted by molar-refractivity contribution is 5.89. The Bertz CT molecular complexity index is 384. The fourth-order valence-electron chi connectivity index (χ4n) is 1.75. The molecule has 0 bridgehead atoms. The molecule has 1 unspecified atom stereocenters. The van der Waals surface area contributed by atoms with E-state index in [1.54, 1.807) is 0 Å². The minimum Gasteiger partial charge on any atom is -0.354 e. The average Bonchev–Trinajstić information content (AvgIpc) is 2.25. The number of rotatable bonds is 5. The molecule has 1 rings (SSSR count). The molecule has 3 heteroatoms. The molecule has 0 saturated heterocycles. The molecule has 0 heterocycles. The summed E-state index contributed by atoms with van der Waals surface area (Å²) in [6.45, 7) is 5.34. The molecule has 1 aromatic rings. The van der Waals surface area contributed by atoms with E-state index in [-0.39, 0.29) is 30.1 Å². The fraction of sp³-hybridized carbons (Fsp3) is 0.429. The molecule has 1 aromatic carbocycles. The van der Waals surface area contributed by atoms with Gasteiger partial charge >= 0.3 is 0 Å². The summed E-state index contributed by atoms with van der Waals surface area (Å²) in [5.74, 6) is -0.394. The van der Waals surface area contributed by atoms with Crippen LogP contribution in [0.5, 0.6) is 0 Å². The molecular formula is C14H19NO2. The van der Waals surface area contributed by atoms with Crippen molar-refractivity contribution in [1.82, 2.24) is 5.32 Å². The van der Waals surface area contributed by atoms with E-state index in [0.29, 0.717) is 0 Å². The second kappa shape index (κ2) is 6.18. The van der Waals surface area contributed by atoms with Crippen molar-refractivity contribution in [1.29, 1.82) is 0 Å². The highest BCUT2D eigenvalue weighted by atomic mass is 16.2. The Morgan fingerprint density at radius 1 is 1.18 bits per heavy atom. The van der Waals surface area contributed by atoms with Crippen LogP contribution in [0, 0.1) is 0 Å². The quantitative estimate of drug-likeness (QED) is 0.848. The first kappa shape index (κ1) is 13.4. The lowest BCUT2D eigenvalue weighted by Gasteiger charge is -2.15. The van der Waals surface area contributed by atoms with Crippen molar-refractivity contribution >= 4 is 11.7 Å². The smallest absolute Gasteiger partial charge is 0.221 e. The number of hydrogen-bond donors (Lipinski definition) is 1. The second-order valence-corrected chi connectivity index (χ2v) is 4.50. The zero-order chi connectivity index (χ0) is 12.8. The number of amides is 1. The zero-order valence-electron chi connectivity index (χ0n) is 10.6. The maximum Gasteiger partial charge on any atom is 0.221 e. The largest absolute Gasteiger partial charge is 0.354 e. The Morgan fingerprint density at radius 3 is 2.24 bits per heavy atom. The van der Waals surface area contributed by atoms with E-state index in [4.69, 9.17) is 0 Å². The second-order valence-electron chi connectivity index (χ2n) is 4.50. The van der Waals surface area contributed by atoms with Crippen LogP contribution in [0.2, 0.25) is 0 Å². The van der Waals surface area contributed by atoms with Gasteiger partial charge in [-0.25, -0.2) is 0 Å². The van der Waals surface area contributed by atoms with E-state index in [0.717, 1.165) is 5.56 Å². The van der Waals surface area contributed by atoms with Crippen molar-refractivity contribution in [2.24, 2.45) is 0 Å². The van der Waals surface area contributed by atoms with Crippen LogP contribution in [-0.2, 0) is 9.59 Å². The first-order valence-electron chi connectivity index (χ1n) is 5.85. The Morgan fingerprint density at radius 2 is 1.76 bits per heavy atom. The maximum absolute atomic E-state index is 11.7. The molecular weight excluding hydrogens is 214 g/mol. The van der Waals surface area contributed by atoms with Crippen LogP contribution < -0.4 is 5.32 Å². The first-order valence-corrected chi connectivity index (χ1v) is 5.85. The standard InChI is InChI=1S/C14H19NO2/c1-10(2)15-14(17)9-13(11(3)16)12-7-5-4-6-8-12/h4-8,10,13H,9H2,1-3H3,(H,15,17). The van der Waals surface area contributed by atoms with Gasteiger partial charge in [-0.05, 0) is 26.3 Å². The number of nitrogens with one attached hydrogen (secondary N) is 1. The van der Waals surface area contributed by atoms with Crippen molar-refractivity contribution in [3.8, 4) is 0 Å². The van der Waals surface area contributed by atoms with Crippen LogP contribution in [0.4, 0.5) is 0 Å². The predicted molar refractivity (Wildman–Crippen MR) is 67.8 cm³/mol. The summed E-state index contributed by atoms with van der Waals surface area (Å²) in [4.78, 5) is 23.3. The van der Waals surface area contributed by atoms with Crippen LogP contribution in [0.3, 0.4) is 0 Å². The summed E-state index contributed by atoms with van der Waals surface area (Å²) in [6.07, 6.45) is 0.220. The summed E-state index contributed by atoms with van der Waals surface area (Å²) in [5, 5.41) is 2.81. The number of benzene rings is 1. The van der Waals surface area contributed by atoms with E-state index in [2.05, 4.69) is 5.32 Å². The third-order valence-electron chi connectivity index (χ3n) is 2.53. The van der Waals surface area contributed by atoms with E-state index in [1.165, 1.54) is 6.92 Å². The molecule has 0 saturated carbocycles. The van der Waals surface area contributed by atoms with Gasteiger partial charge in [0.2, 0.25) is 5.91 Å². The van der Waals surface area contributed by atoms with Gasteiger partial charge in [0.1, 0.15) is 5.78 Å². The lowest BCUT2D eigenvalue weighted by molar-refractivity contribution is -0.126. The van der Waals surface area contributed by atoms with Gasteiger partial charge in [-0.3, -0.25) is 9.59 Å². The molecule has 17 heavy (non-hydrogen) atoms. The monoisotopic (exact) mass is 233 g/mol. The van der Waals surface area contributed by atoms with Gasteiger partial charge < -0.3 is 5.32 Å². The van der Waals surface area contributed by atoms with Crippen LogP contribution in [-0.4, -0.2) is 17.7 Å². The Kier molecular flexibility index (Phi) is 4.88. The fourth-order valence-corrected chi connectivity index (χ4v) is 1.75. The number of ketones is 1. The third kappa shape index (κ3) is 4.39. The number of Topliss-reactive ketones (excluding diaryl/α,β-unsaturated/α-hetero) is 1. The van der Waals surface area contributed by atoms with Gasteiger partial charge in [-0.15, -0.1) is 0 Å². The Labute approximate surface area is 102 Å². The molecule has 0 aromatic heterocycles. The SMILES string of the molecule is CC(=O)C(CC(=O)NC(C)C)c1ccccc1. The van der Waals surface area contributed by atoms with Gasteiger partial charge in [0.15, 0.2) is 0 Å². The number of hydrogen-bond acceptors (Lipinski definition) is 2. The number of carbonyl (C=O) groups excluding carboxylic acids is 2. The summed E-state index contributed by atoms with van der Waals surface area (Å²) < 4.78 is 0. The van der Waals surface area contributed by atoms with Gasteiger partial charge in [0.25, 0.3) is 0 Å². The number of carbonyl (C=O) groups is 2. The molecule has 0 fully saturated rings. The van der Waals surface area contributed by atoms with Crippen LogP contribution >= 0.6 is 0 Å². The molecule has 0 spiro atoms. The maximum atomic E-state index is 11.7. The lowest BCUT2D eigenvalue weighted by Crippen LogP contribution is -2.32. The minimum atomic E-state index is -0.338. The Hall–Kier alpha value is -1.64. The Balaban J connectivity index is 2.75. The van der Waals surface area contributed by atoms with Gasteiger partial charge in [0, 0.05) is 12.5 Å². The molecule has 92 valence electrons. The summed E-state index contributed by atoms with van der Waals surface area (Å²) >= 11 is 0. The average molecular weight is 233 g/mol. The van der Waals surface area contributed by atoms with Crippen LogP contribution in [0.25, 0.3) is 0 Å². The van der Waals surface area contributed by atoms with Crippen molar-refractivity contribution < 1.29 is 9.59 Å². The molecule has 1 N–H and O–H groups in total. The van der Waals surface area contributed by atoms with Crippen LogP contribution in [0.1, 0.15) is 38.7 Å². The van der Waals surface area contributed by atoms with Gasteiger partial charge in [-0.2, -0.15) is 0 Å². The first-order chi connectivity index (χ1) is 8.00. The molecule has 0 aliphatic heterocycles. The summed E-state index contributed by atoms with van der Waals surface area (Å²) in [7, 11) is 0. The molecule has 0 radical (unpaired) electrons. The van der Waals surface area contributed by atoms with Crippen molar-refractivity contribution in [2.45, 2.75) is 39.2 Å². The topological polar surface area (TPSA) is 46.2 Å². The van der Waals surface area contributed by atoms with Gasteiger partial charge in [-0.1, -0.05) is 30.3 Å². The molecule has 3 nitrogen and oxygen atoms in total. The van der Waals surface area contributed by atoms with Gasteiger partial charge in [0.05, 0.1) is 5.92 Å². The van der Waals surface area contributed by atoms with Crippen LogP contribution in [0.15, 0.2) is 30.3 Å². The highest BCUT2D eigenvalue weighted by Gasteiger charge is 2.20. The van der Waals surface area contributed by atoms with Crippen molar-refractivity contribution in [3.63, 3.8) is 0 Å². The molecule has 1 atom stereocenters. The predicted octanol–water partition coefficient (Wildman–Crippen LogP) is 2.27. The van der Waals surface area contributed by atoms with Crippen molar-refractivity contribution in [3.05, 3.63) is 35.9 Å². The highest BCUT2D eigenvalue weighted by Crippen LogP contribution is 2.20. The van der Waals surface area contributed by atoms with E-state index in [1.807, 2.05) is 44.2 Å². The molecule has 0 aliphatic rings. The van der Waals surface area contributed by atoms with Crippen molar-refractivity contribution in [2.75, 3.05) is 0 Å². The summed E-state index contributed by atoms with van der Waals surface area (Å²) in [6, 6.07) is 9.53.